The Morgan fingerprint density at radius 1 is 1.18 bits per heavy atom. The van der Waals surface area contributed by atoms with Crippen molar-refractivity contribution in [3.05, 3.63) is 41.5 Å². The topological polar surface area (TPSA) is 3.24 Å². The molecule has 1 aliphatic rings. The van der Waals surface area contributed by atoms with Crippen LogP contribution in [0.1, 0.15) is 17.5 Å². The van der Waals surface area contributed by atoms with Crippen LogP contribution in [0.2, 0.25) is 0 Å². The standard InChI is InChI=1S/C13H14F3N/c1-17-8-6-10(7-9-17)11-4-2-3-5-12(11)13(14,15)16/h2-6H,7-9H2,1H3. The zero-order chi connectivity index (χ0) is 12.5. The maximum Gasteiger partial charge on any atom is 0.416 e. The van der Waals surface area contributed by atoms with Crippen molar-refractivity contribution in [3.63, 3.8) is 0 Å². The van der Waals surface area contributed by atoms with Crippen LogP contribution in [-0.4, -0.2) is 25.0 Å². The van der Waals surface area contributed by atoms with Gasteiger partial charge in [0.15, 0.2) is 0 Å². The largest absolute Gasteiger partial charge is 0.416 e. The lowest BCUT2D eigenvalue weighted by Crippen LogP contribution is -2.24. The molecule has 0 atom stereocenters. The lowest BCUT2D eigenvalue weighted by Gasteiger charge is -2.23. The van der Waals surface area contributed by atoms with Gasteiger partial charge in [0.1, 0.15) is 0 Å². The number of nitrogens with zero attached hydrogens (tertiary/aromatic N) is 1. The van der Waals surface area contributed by atoms with E-state index in [9.17, 15) is 13.2 Å². The summed E-state index contributed by atoms with van der Waals surface area (Å²) in [5.41, 5.74) is 0.597. The van der Waals surface area contributed by atoms with E-state index in [4.69, 9.17) is 0 Å². The highest BCUT2D eigenvalue weighted by molar-refractivity contribution is 5.69. The van der Waals surface area contributed by atoms with Crippen LogP contribution in [0.5, 0.6) is 0 Å². The van der Waals surface area contributed by atoms with Gasteiger partial charge in [-0.15, -0.1) is 0 Å². The van der Waals surface area contributed by atoms with Crippen LogP contribution >= 0.6 is 0 Å². The molecule has 17 heavy (non-hydrogen) atoms. The molecule has 4 heteroatoms. The summed E-state index contributed by atoms with van der Waals surface area (Å²) in [6.45, 7) is 1.51. The van der Waals surface area contributed by atoms with Crippen LogP contribution in [0, 0.1) is 0 Å². The van der Waals surface area contributed by atoms with Crippen molar-refractivity contribution in [3.8, 4) is 0 Å². The van der Waals surface area contributed by atoms with Gasteiger partial charge < -0.3 is 4.90 Å². The number of rotatable bonds is 1. The van der Waals surface area contributed by atoms with E-state index in [0.717, 1.165) is 18.2 Å². The number of hydrogen-bond donors (Lipinski definition) is 0. The summed E-state index contributed by atoms with van der Waals surface area (Å²) < 4.78 is 38.5. The first-order valence-electron chi connectivity index (χ1n) is 5.52. The fourth-order valence-electron chi connectivity index (χ4n) is 2.03. The minimum absolute atomic E-state index is 0.327. The van der Waals surface area contributed by atoms with E-state index in [0.29, 0.717) is 18.5 Å². The molecule has 1 aromatic rings. The molecule has 0 N–H and O–H groups in total. The van der Waals surface area contributed by atoms with E-state index in [2.05, 4.69) is 4.90 Å². The first-order valence-corrected chi connectivity index (χ1v) is 5.52. The molecule has 0 saturated heterocycles. The third kappa shape index (κ3) is 2.69. The monoisotopic (exact) mass is 241 g/mol. The van der Waals surface area contributed by atoms with E-state index in [1.165, 1.54) is 6.07 Å². The smallest absolute Gasteiger partial charge is 0.302 e. The third-order valence-corrected chi connectivity index (χ3v) is 2.99. The highest BCUT2D eigenvalue weighted by atomic mass is 19.4. The average molecular weight is 241 g/mol. The predicted octanol–water partition coefficient (Wildman–Crippen LogP) is 3.42. The lowest BCUT2D eigenvalue weighted by atomic mass is 9.95. The second-order valence-electron chi connectivity index (χ2n) is 4.28. The molecule has 0 aliphatic carbocycles. The van der Waals surface area contributed by atoms with Gasteiger partial charge in [0, 0.05) is 13.1 Å². The molecule has 1 aromatic carbocycles. The Morgan fingerprint density at radius 2 is 1.88 bits per heavy atom. The quantitative estimate of drug-likeness (QED) is 0.728. The van der Waals surface area contributed by atoms with Gasteiger partial charge in [-0.1, -0.05) is 24.3 Å². The van der Waals surface area contributed by atoms with E-state index in [1.54, 1.807) is 12.1 Å². The predicted molar refractivity (Wildman–Crippen MR) is 61.5 cm³/mol. The van der Waals surface area contributed by atoms with Gasteiger partial charge >= 0.3 is 6.18 Å². The fraction of sp³-hybridized carbons (Fsp3) is 0.385. The molecule has 0 aromatic heterocycles. The SMILES string of the molecule is CN1CC=C(c2ccccc2C(F)(F)F)CC1. The van der Waals surface area contributed by atoms with Crippen molar-refractivity contribution in [1.82, 2.24) is 4.90 Å². The van der Waals surface area contributed by atoms with Crippen LogP contribution in [-0.2, 0) is 6.18 Å². The second kappa shape index (κ2) is 4.53. The molecule has 2 rings (SSSR count). The molecule has 0 bridgehead atoms. The van der Waals surface area contributed by atoms with E-state index in [-0.39, 0.29) is 0 Å². The van der Waals surface area contributed by atoms with Crippen molar-refractivity contribution in [2.45, 2.75) is 12.6 Å². The molecule has 1 nitrogen and oxygen atoms in total. The van der Waals surface area contributed by atoms with E-state index in [1.807, 2.05) is 13.1 Å². The van der Waals surface area contributed by atoms with Crippen molar-refractivity contribution in [2.24, 2.45) is 0 Å². The molecule has 0 unspecified atom stereocenters. The normalized spacial score (nSPS) is 18.0. The van der Waals surface area contributed by atoms with E-state index < -0.39 is 11.7 Å². The van der Waals surface area contributed by atoms with Crippen LogP contribution in [0.25, 0.3) is 5.57 Å². The molecule has 1 heterocycles. The van der Waals surface area contributed by atoms with Crippen LogP contribution in [0.3, 0.4) is 0 Å². The highest BCUT2D eigenvalue weighted by Crippen LogP contribution is 2.36. The molecular formula is C13H14F3N. The van der Waals surface area contributed by atoms with Gasteiger partial charge in [-0.3, -0.25) is 0 Å². The van der Waals surface area contributed by atoms with Gasteiger partial charge in [-0.05, 0) is 30.7 Å². The first-order chi connectivity index (χ1) is 7.98. The maximum atomic E-state index is 12.8. The van der Waals surface area contributed by atoms with Crippen LogP contribution in [0.15, 0.2) is 30.3 Å². The van der Waals surface area contributed by atoms with Crippen LogP contribution < -0.4 is 0 Å². The molecular weight excluding hydrogens is 227 g/mol. The zero-order valence-corrected chi connectivity index (χ0v) is 9.59. The Kier molecular flexibility index (Phi) is 3.24. The molecule has 0 saturated carbocycles. The highest BCUT2D eigenvalue weighted by Gasteiger charge is 2.33. The number of alkyl halides is 3. The number of hydrogen-bond acceptors (Lipinski definition) is 1. The van der Waals surface area contributed by atoms with Crippen LogP contribution in [0.4, 0.5) is 13.2 Å². The molecule has 92 valence electrons. The third-order valence-electron chi connectivity index (χ3n) is 2.99. The van der Waals surface area contributed by atoms with Crippen molar-refractivity contribution >= 4 is 5.57 Å². The fourth-order valence-corrected chi connectivity index (χ4v) is 2.03. The molecule has 0 fully saturated rings. The summed E-state index contributed by atoms with van der Waals surface area (Å²) in [4.78, 5) is 2.08. The Balaban J connectivity index is 2.39. The van der Waals surface area contributed by atoms with Crippen molar-refractivity contribution in [1.29, 1.82) is 0 Å². The Morgan fingerprint density at radius 3 is 2.47 bits per heavy atom. The minimum Gasteiger partial charge on any atom is -0.302 e. The Hall–Kier alpha value is -1.29. The van der Waals surface area contributed by atoms with E-state index >= 15 is 0 Å². The maximum absolute atomic E-state index is 12.8. The Labute approximate surface area is 98.5 Å². The molecule has 0 spiro atoms. The number of benzene rings is 1. The molecule has 0 radical (unpaired) electrons. The van der Waals surface area contributed by atoms with Crippen molar-refractivity contribution in [2.75, 3.05) is 20.1 Å². The summed E-state index contributed by atoms with van der Waals surface area (Å²) in [7, 11) is 1.96. The van der Waals surface area contributed by atoms with Gasteiger partial charge in [0.25, 0.3) is 0 Å². The summed E-state index contributed by atoms with van der Waals surface area (Å²) in [5.74, 6) is 0. The first kappa shape index (κ1) is 12.2. The van der Waals surface area contributed by atoms with Gasteiger partial charge in [-0.2, -0.15) is 13.2 Å². The van der Waals surface area contributed by atoms with Crippen molar-refractivity contribution < 1.29 is 13.2 Å². The number of halogens is 3. The summed E-state index contributed by atoms with van der Waals surface area (Å²) in [6, 6.07) is 5.79. The van der Waals surface area contributed by atoms with Gasteiger partial charge in [0.05, 0.1) is 5.56 Å². The lowest BCUT2D eigenvalue weighted by molar-refractivity contribution is -0.137. The van der Waals surface area contributed by atoms with Gasteiger partial charge in [-0.25, -0.2) is 0 Å². The summed E-state index contributed by atoms with van der Waals surface area (Å²) >= 11 is 0. The minimum atomic E-state index is -4.28. The summed E-state index contributed by atoms with van der Waals surface area (Å²) in [5, 5.41) is 0. The molecule has 0 amide bonds. The Bertz CT molecular complexity index is 435. The zero-order valence-electron chi connectivity index (χ0n) is 9.59. The summed E-state index contributed by atoms with van der Waals surface area (Å²) in [6.07, 6.45) is -1.72. The second-order valence-corrected chi connectivity index (χ2v) is 4.28. The average Bonchev–Trinajstić information content (AvgIpc) is 2.29. The number of likely N-dealkylation sites (N-methyl/N-ethyl adjacent to an activating group) is 1. The molecule has 1 aliphatic heterocycles. The van der Waals surface area contributed by atoms with Gasteiger partial charge in [0.2, 0.25) is 0 Å².